The average Bonchev–Trinajstić information content (AvgIpc) is 3.10. The van der Waals surface area contributed by atoms with Crippen molar-refractivity contribution in [2.75, 3.05) is 6.54 Å². The maximum Gasteiger partial charge on any atom is 0.333 e. The average molecular weight is 516 g/mol. The van der Waals surface area contributed by atoms with Gasteiger partial charge in [-0.1, -0.05) is 0 Å². The summed E-state index contributed by atoms with van der Waals surface area (Å²) in [6, 6.07) is -3.96. The number of urea groups is 1. The zero-order chi connectivity index (χ0) is 27.3. The van der Waals surface area contributed by atoms with E-state index >= 15 is 0 Å². The van der Waals surface area contributed by atoms with Crippen molar-refractivity contribution in [1.29, 1.82) is 0 Å². The van der Waals surface area contributed by atoms with Gasteiger partial charge in [0.1, 0.15) is 12.1 Å². The van der Waals surface area contributed by atoms with Gasteiger partial charge in [0.15, 0.2) is 0 Å². The van der Waals surface area contributed by atoms with Crippen LogP contribution in [0.4, 0.5) is 4.79 Å². The molecule has 0 saturated carbocycles. The number of carbonyl (C=O) groups is 8. The molecule has 0 aromatic heterocycles. The Hall–Kier alpha value is -4.24. The summed E-state index contributed by atoms with van der Waals surface area (Å²) >= 11 is 0. The first-order valence-corrected chi connectivity index (χ1v) is 11.0. The van der Waals surface area contributed by atoms with Crippen molar-refractivity contribution in [2.45, 2.75) is 69.9 Å². The third kappa shape index (κ3) is 11.3. The lowest BCUT2D eigenvalue weighted by atomic mass is 10.1. The quantitative estimate of drug-likeness (QED) is 0.104. The second-order valence-corrected chi connectivity index (χ2v) is 7.72. The zero-order valence-electron chi connectivity index (χ0n) is 19.2. The molecule has 5 amide bonds. The number of nitrogens with one attached hydrogen (secondary N) is 3. The number of nitrogens with zero attached hydrogens (tertiary/aromatic N) is 1. The first kappa shape index (κ1) is 29.8. The Kier molecular flexibility index (Phi) is 12.3. The maximum absolute atomic E-state index is 11.9. The number of amides is 5. The van der Waals surface area contributed by atoms with E-state index in [-0.39, 0.29) is 51.5 Å². The summed E-state index contributed by atoms with van der Waals surface area (Å²) < 4.78 is 0. The van der Waals surface area contributed by atoms with E-state index in [0.717, 1.165) is 0 Å². The molecule has 36 heavy (non-hydrogen) atoms. The molecule has 16 nitrogen and oxygen atoms in total. The van der Waals surface area contributed by atoms with Crippen LogP contribution in [0.15, 0.2) is 0 Å². The molecule has 1 rings (SSSR count). The predicted molar refractivity (Wildman–Crippen MR) is 115 cm³/mol. The molecule has 0 aliphatic carbocycles. The molecule has 2 atom stereocenters. The third-order valence-corrected chi connectivity index (χ3v) is 4.85. The Morgan fingerprint density at radius 1 is 0.806 bits per heavy atom. The van der Waals surface area contributed by atoms with E-state index < -0.39 is 66.1 Å². The van der Waals surface area contributed by atoms with Gasteiger partial charge in [0.05, 0.1) is 6.42 Å². The lowest BCUT2D eigenvalue weighted by Crippen LogP contribution is -2.51. The first-order valence-electron chi connectivity index (χ1n) is 11.0. The number of carboxylic acid groups (broad SMARTS) is 3. The minimum Gasteiger partial charge on any atom is -0.481 e. The fraction of sp³-hybridized carbons (Fsp3) is 0.600. The van der Waals surface area contributed by atoms with Gasteiger partial charge in [0, 0.05) is 32.2 Å². The van der Waals surface area contributed by atoms with Crippen molar-refractivity contribution in [3.63, 3.8) is 0 Å². The Labute approximate surface area is 204 Å². The van der Waals surface area contributed by atoms with E-state index in [0.29, 0.717) is 11.5 Å². The lowest BCUT2D eigenvalue weighted by molar-refractivity contribution is -0.197. The Bertz CT molecular complexity index is 874. The van der Waals surface area contributed by atoms with Gasteiger partial charge in [-0.05, 0) is 25.7 Å². The van der Waals surface area contributed by atoms with Gasteiger partial charge in [-0.3, -0.25) is 19.2 Å². The van der Waals surface area contributed by atoms with Crippen molar-refractivity contribution in [3.05, 3.63) is 0 Å². The van der Waals surface area contributed by atoms with Crippen molar-refractivity contribution >= 4 is 47.6 Å². The molecule has 0 bridgehead atoms. The highest BCUT2D eigenvalue weighted by atomic mass is 16.7. The fourth-order valence-corrected chi connectivity index (χ4v) is 2.95. The van der Waals surface area contributed by atoms with Crippen LogP contribution in [0.25, 0.3) is 0 Å². The Morgan fingerprint density at radius 2 is 1.36 bits per heavy atom. The number of unbranched alkanes of at least 4 members (excludes halogenated alkanes) is 1. The molecule has 1 heterocycles. The zero-order valence-corrected chi connectivity index (χ0v) is 19.2. The summed E-state index contributed by atoms with van der Waals surface area (Å²) in [6.07, 6.45) is -1.11. The van der Waals surface area contributed by atoms with E-state index in [1.807, 2.05) is 5.32 Å². The van der Waals surface area contributed by atoms with Crippen LogP contribution < -0.4 is 16.0 Å². The Morgan fingerprint density at radius 3 is 1.89 bits per heavy atom. The molecule has 200 valence electrons. The number of aliphatic carboxylic acids is 3. The molecule has 16 heteroatoms. The molecular weight excluding hydrogens is 488 g/mol. The van der Waals surface area contributed by atoms with Crippen LogP contribution >= 0.6 is 0 Å². The van der Waals surface area contributed by atoms with E-state index in [2.05, 4.69) is 15.5 Å². The number of hydrogen-bond acceptors (Lipinski definition) is 9. The highest BCUT2D eigenvalue weighted by Crippen LogP contribution is 2.13. The van der Waals surface area contributed by atoms with Gasteiger partial charge in [-0.15, -0.1) is 5.06 Å². The summed E-state index contributed by atoms with van der Waals surface area (Å²) in [4.78, 5) is 95.8. The minimum absolute atomic E-state index is 0.0459. The number of carbonyl (C=O) groups excluding carboxylic acids is 5. The van der Waals surface area contributed by atoms with Crippen LogP contribution in [-0.4, -0.2) is 86.6 Å². The van der Waals surface area contributed by atoms with Crippen LogP contribution in [0.5, 0.6) is 0 Å². The molecule has 1 aliphatic heterocycles. The molecule has 0 spiro atoms. The second kappa shape index (κ2) is 14.9. The van der Waals surface area contributed by atoms with E-state index in [1.54, 1.807) is 0 Å². The second-order valence-electron chi connectivity index (χ2n) is 7.72. The van der Waals surface area contributed by atoms with Gasteiger partial charge < -0.3 is 36.1 Å². The summed E-state index contributed by atoms with van der Waals surface area (Å²) in [5.74, 6) is -6.81. The largest absolute Gasteiger partial charge is 0.481 e. The van der Waals surface area contributed by atoms with Gasteiger partial charge in [-0.2, -0.15) is 0 Å². The van der Waals surface area contributed by atoms with Crippen LogP contribution in [0.3, 0.4) is 0 Å². The number of hydrogen-bond donors (Lipinski definition) is 6. The highest BCUT2D eigenvalue weighted by Gasteiger charge is 2.32. The van der Waals surface area contributed by atoms with Crippen LogP contribution in [-0.2, 0) is 38.4 Å². The summed E-state index contributed by atoms with van der Waals surface area (Å²) in [5, 5.41) is 33.9. The summed E-state index contributed by atoms with van der Waals surface area (Å²) in [7, 11) is 0. The maximum atomic E-state index is 11.9. The van der Waals surface area contributed by atoms with Gasteiger partial charge in [0.25, 0.3) is 11.8 Å². The Balaban J connectivity index is 2.29. The van der Waals surface area contributed by atoms with Crippen molar-refractivity contribution in [3.8, 4) is 0 Å². The molecule has 1 fully saturated rings. The van der Waals surface area contributed by atoms with Crippen molar-refractivity contribution < 1.29 is 58.5 Å². The SMILES string of the molecule is O=C(O)CC[C@@H](NC(=O)N[C@@H](CCCCNC(=O)CCC(=O)ON1C(=O)CCC1=O)C(=O)O)C(=O)O. The summed E-state index contributed by atoms with van der Waals surface area (Å²) in [5.41, 5.74) is 0. The minimum atomic E-state index is -1.51. The van der Waals surface area contributed by atoms with Crippen molar-refractivity contribution in [2.24, 2.45) is 0 Å². The number of rotatable bonds is 16. The predicted octanol–water partition coefficient (Wildman–Crippen LogP) is -1.27. The normalized spacial score (nSPS) is 14.5. The molecule has 0 unspecified atom stereocenters. The van der Waals surface area contributed by atoms with Crippen molar-refractivity contribution in [1.82, 2.24) is 21.0 Å². The smallest absolute Gasteiger partial charge is 0.333 e. The fourth-order valence-electron chi connectivity index (χ4n) is 2.95. The lowest BCUT2D eigenvalue weighted by Gasteiger charge is -2.18. The van der Waals surface area contributed by atoms with Crippen LogP contribution in [0.2, 0.25) is 0 Å². The van der Waals surface area contributed by atoms with E-state index in [1.165, 1.54) is 0 Å². The third-order valence-electron chi connectivity index (χ3n) is 4.85. The summed E-state index contributed by atoms with van der Waals surface area (Å²) in [6.45, 7) is 0.131. The number of carboxylic acids is 3. The molecule has 1 aliphatic rings. The van der Waals surface area contributed by atoms with E-state index in [9.17, 15) is 43.5 Å². The van der Waals surface area contributed by atoms with Crippen LogP contribution in [0, 0.1) is 0 Å². The highest BCUT2D eigenvalue weighted by molar-refractivity contribution is 6.01. The topological polar surface area (TPSA) is 246 Å². The first-order chi connectivity index (χ1) is 16.9. The molecular formula is C20H28N4O12. The van der Waals surface area contributed by atoms with E-state index in [4.69, 9.17) is 10.2 Å². The van der Waals surface area contributed by atoms with Crippen LogP contribution in [0.1, 0.15) is 57.8 Å². The molecule has 0 radical (unpaired) electrons. The molecule has 0 aromatic carbocycles. The van der Waals surface area contributed by atoms with Gasteiger partial charge in [0.2, 0.25) is 5.91 Å². The van der Waals surface area contributed by atoms with Gasteiger partial charge >= 0.3 is 29.9 Å². The van der Waals surface area contributed by atoms with Gasteiger partial charge in [-0.25, -0.2) is 19.2 Å². The molecule has 0 aromatic rings. The number of imide groups is 1. The molecule has 6 N–H and O–H groups in total. The molecule has 1 saturated heterocycles. The number of hydroxylamine groups is 2. The standard InChI is InChI=1S/C20H28N4O12/c25-13(5-9-17(30)36-24-14(26)6-7-15(24)27)21-10-2-1-3-11(18(31)32)22-20(35)23-12(19(33)34)4-8-16(28)29/h11-12H,1-10H2,(H,21,25)(H,28,29)(H,31,32)(H,33,34)(H2,22,23,35)/t11-,12+/m0/s1. The monoisotopic (exact) mass is 516 g/mol.